The van der Waals surface area contributed by atoms with Crippen molar-refractivity contribution in [3.63, 3.8) is 0 Å². The van der Waals surface area contributed by atoms with Gasteiger partial charge in [0.25, 0.3) is 0 Å². The van der Waals surface area contributed by atoms with E-state index >= 15 is 0 Å². The van der Waals surface area contributed by atoms with Crippen molar-refractivity contribution in [2.24, 2.45) is 5.41 Å². The minimum Gasteiger partial charge on any atom is -0.381 e. The highest BCUT2D eigenvalue weighted by Crippen LogP contribution is 2.49. The van der Waals surface area contributed by atoms with Gasteiger partial charge in [0, 0.05) is 6.04 Å². The first-order valence-corrected chi connectivity index (χ1v) is 8.62. The van der Waals surface area contributed by atoms with Crippen LogP contribution in [-0.4, -0.2) is 6.04 Å². The number of benzene rings is 1. The Labute approximate surface area is 136 Å². The minimum atomic E-state index is 0.510. The molecule has 2 fully saturated rings. The summed E-state index contributed by atoms with van der Waals surface area (Å²) in [6.07, 6.45) is 10.9. The van der Waals surface area contributed by atoms with Gasteiger partial charge in [-0.2, -0.15) is 0 Å². The van der Waals surface area contributed by atoms with E-state index in [1.54, 1.807) is 6.07 Å². The smallest absolute Gasteiger partial charge is 0.0653 e. The standard InChI is InChI=1S/C16H20Cl3N/c17-12-9-14(19)15(10-13(12)18)20-11-3-7-16(8-4-11)5-1-2-6-16/h9-11,20H,1-8H2. The molecular formula is C16H20Cl3N. The lowest BCUT2D eigenvalue weighted by molar-refractivity contribution is 0.188. The van der Waals surface area contributed by atoms with Crippen molar-refractivity contribution in [1.82, 2.24) is 0 Å². The van der Waals surface area contributed by atoms with Crippen LogP contribution in [-0.2, 0) is 0 Å². The average molecular weight is 333 g/mol. The predicted octanol–water partition coefficient (Wildman–Crippen LogP) is 6.56. The first-order chi connectivity index (χ1) is 9.58. The molecule has 0 bridgehead atoms. The summed E-state index contributed by atoms with van der Waals surface area (Å²) < 4.78 is 0. The second-order valence-corrected chi connectivity index (χ2v) is 7.59. The lowest BCUT2D eigenvalue weighted by Crippen LogP contribution is -2.31. The average Bonchev–Trinajstić information content (AvgIpc) is 2.87. The predicted molar refractivity (Wildman–Crippen MR) is 88.3 cm³/mol. The number of anilines is 1. The molecular weight excluding hydrogens is 313 g/mol. The van der Waals surface area contributed by atoms with E-state index in [0.717, 1.165) is 5.69 Å². The van der Waals surface area contributed by atoms with Crippen molar-refractivity contribution in [3.05, 3.63) is 27.2 Å². The topological polar surface area (TPSA) is 12.0 Å². The SMILES string of the molecule is Clc1cc(Cl)c(NC2CCC3(CCCC3)CC2)cc1Cl. The van der Waals surface area contributed by atoms with Gasteiger partial charge in [-0.1, -0.05) is 47.6 Å². The van der Waals surface area contributed by atoms with Crippen LogP contribution in [0.5, 0.6) is 0 Å². The molecule has 110 valence electrons. The van der Waals surface area contributed by atoms with Crippen LogP contribution in [0, 0.1) is 5.41 Å². The first kappa shape index (κ1) is 14.8. The normalized spacial score (nSPS) is 22.4. The highest BCUT2D eigenvalue weighted by Gasteiger charge is 2.37. The Kier molecular flexibility index (Phi) is 4.40. The molecule has 0 amide bonds. The molecule has 1 aromatic rings. The van der Waals surface area contributed by atoms with Gasteiger partial charge in [-0.25, -0.2) is 0 Å². The lowest BCUT2D eigenvalue weighted by Gasteiger charge is -2.38. The van der Waals surface area contributed by atoms with Crippen molar-refractivity contribution in [2.45, 2.75) is 57.4 Å². The molecule has 1 spiro atoms. The van der Waals surface area contributed by atoms with E-state index in [-0.39, 0.29) is 0 Å². The van der Waals surface area contributed by atoms with Gasteiger partial charge in [-0.3, -0.25) is 0 Å². The number of hydrogen-bond acceptors (Lipinski definition) is 1. The van der Waals surface area contributed by atoms with Gasteiger partial charge in [-0.05, 0) is 56.1 Å². The van der Waals surface area contributed by atoms with Crippen molar-refractivity contribution >= 4 is 40.5 Å². The molecule has 1 nitrogen and oxygen atoms in total. The lowest BCUT2D eigenvalue weighted by atomic mass is 9.71. The molecule has 0 saturated heterocycles. The second kappa shape index (κ2) is 5.94. The molecule has 0 aromatic heterocycles. The van der Waals surface area contributed by atoms with Crippen LogP contribution in [0.4, 0.5) is 5.69 Å². The summed E-state index contributed by atoms with van der Waals surface area (Å²) in [5.41, 5.74) is 1.58. The van der Waals surface area contributed by atoms with Crippen LogP contribution in [0.2, 0.25) is 15.1 Å². The number of rotatable bonds is 2. The van der Waals surface area contributed by atoms with Crippen molar-refractivity contribution < 1.29 is 0 Å². The Bertz CT molecular complexity index is 485. The van der Waals surface area contributed by atoms with Crippen LogP contribution < -0.4 is 5.32 Å². The highest BCUT2D eigenvalue weighted by atomic mass is 35.5. The molecule has 3 rings (SSSR count). The van der Waals surface area contributed by atoms with Crippen LogP contribution in [0.15, 0.2) is 12.1 Å². The zero-order valence-electron chi connectivity index (χ0n) is 11.5. The first-order valence-electron chi connectivity index (χ1n) is 7.49. The van der Waals surface area contributed by atoms with E-state index in [1.807, 2.05) is 6.07 Å². The Morgan fingerprint density at radius 3 is 2.10 bits per heavy atom. The Hall–Kier alpha value is -0.110. The summed E-state index contributed by atoms with van der Waals surface area (Å²) in [5.74, 6) is 0. The molecule has 2 aliphatic carbocycles. The third-order valence-corrected chi connectivity index (χ3v) is 6.11. The molecule has 2 saturated carbocycles. The molecule has 0 heterocycles. The summed E-state index contributed by atoms with van der Waals surface area (Å²) in [5, 5.41) is 5.27. The number of hydrogen-bond donors (Lipinski definition) is 1. The highest BCUT2D eigenvalue weighted by molar-refractivity contribution is 6.44. The van der Waals surface area contributed by atoms with Gasteiger partial charge >= 0.3 is 0 Å². The maximum absolute atomic E-state index is 6.24. The molecule has 0 unspecified atom stereocenters. The molecule has 20 heavy (non-hydrogen) atoms. The number of halogens is 3. The fourth-order valence-corrected chi connectivity index (χ4v) is 4.45. The Morgan fingerprint density at radius 2 is 1.45 bits per heavy atom. The van der Waals surface area contributed by atoms with Crippen LogP contribution in [0.25, 0.3) is 0 Å². The third kappa shape index (κ3) is 3.05. The maximum Gasteiger partial charge on any atom is 0.0653 e. The zero-order chi connectivity index (χ0) is 14.2. The monoisotopic (exact) mass is 331 g/mol. The van der Waals surface area contributed by atoms with Gasteiger partial charge in [0.1, 0.15) is 0 Å². The van der Waals surface area contributed by atoms with Crippen LogP contribution in [0.3, 0.4) is 0 Å². The van der Waals surface area contributed by atoms with Gasteiger partial charge < -0.3 is 5.32 Å². The molecule has 4 heteroatoms. The quantitative estimate of drug-likeness (QED) is 0.604. The summed E-state index contributed by atoms with van der Waals surface area (Å²) in [6.45, 7) is 0. The summed E-state index contributed by atoms with van der Waals surface area (Å²) in [7, 11) is 0. The Balaban J connectivity index is 1.63. The summed E-state index contributed by atoms with van der Waals surface area (Å²) in [4.78, 5) is 0. The molecule has 0 atom stereocenters. The summed E-state index contributed by atoms with van der Waals surface area (Å²) in [6, 6.07) is 4.07. The molecule has 2 aliphatic rings. The maximum atomic E-state index is 6.24. The van der Waals surface area contributed by atoms with E-state index in [1.165, 1.54) is 51.4 Å². The van der Waals surface area contributed by atoms with E-state index in [4.69, 9.17) is 34.8 Å². The number of nitrogens with one attached hydrogen (secondary N) is 1. The van der Waals surface area contributed by atoms with Crippen molar-refractivity contribution in [2.75, 3.05) is 5.32 Å². The minimum absolute atomic E-state index is 0.510. The molecule has 1 aromatic carbocycles. The zero-order valence-corrected chi connectivity index (χ0v) is 13.8. The van der Waals surface area contributed by atoms with E-state index in [0.29, 0.717) is 26.5 Å². The fraction of sp³-hybridized carbons (Fsp3) is 0.625. The summed E-state index contributed by atoms with van der Waals surface area (Å²) >= 11 is 18.3. The largest absolute Gasteiger partial charge is 0.381 e. The van der Waals surface area contributed by atoms with Crippen molar-refractivity contribution in [1.29, 1.82) is 0 Å². The van der Waals surface area contributed by atoms with Crippen LogP contribution in [0.1, 0.15) is 51.4 Å². The third-order valence-electron chi connectivity index (χ3n) is 5.08. The second-order valence-electron chi connectivity index (χ2n) is 6.37. The van der Waals surface area contributed by atoms with E-state index < -0.39 is 0 Å². The van der Waals surface area contributed by atoms with Gasteiger partial charge in [0.2, 0.25) is 0 Å². The van der Waals surface area contributed by atoms with E-state index in [2.05, 4.69) is 5.32 Å². The molecule has 0 radical (unpaired) electrons. The van der Waals surface area contributed by atoms with Gasteiger partial charge in [-0.15, -0.1) is 0 Å². The Morgan fingerprint density at radius 1 is 0.850 bits per heavy atom. The molecule has 0 aliphatic heterocycles. The molecule has 1 N–H and O–H groups in total. The van der Waals surface area contributed by atoms with Gasteiger partial charge in [0.15, 0.2) is 0 Å². The fourth-order valence-electron chi connectivity index (χ4n) is 3.85. The van der Waals surface area contributed by atoms with Crippen LogP contribution >= 0.6 is 34.8 Å². The van der Waals surface area contributed by atoms with Crippen molar-refractivity contribution in [3.8, 4) is 0 Å². The van der Waals surface area contributed by atoms with Gasteiger partial charge in [0.05, 0.1) is 20.8 Å². The van der Waals surface area contributed by atoms with E-state index in [9.17, 15) is 0 Å².